The van der Waals surface area contributed by atoms with Crippen LogP contribution in [0.25, 0.3) is 0 Å². The molecular weight excluding hydrogens is 448 g/mol. The Morgan fingerprint density at radius 2 is 1.65 bits per heavy atom. The third-order valence-electron chi connectivity index (χ3n) is 6.37. The van der Waals surface area contributed by atoms with E-state index in [0.717, 1.165) is 29.0 Å². The van der Waals surface area contributed by atoms with Crippen molar-refractivity contribution in [3.8, 4) is 5.75 Å². The molecule has 0 spiro atoms. The molecule has 4 rings (SSSR count). The molecule has 2 heterocycles. The van der Waals surface area contributed by atoms with Gasteiger partial charge >= 0.3 is 0 Å². The lowest BCUT2D eigenvalue weighted by atomic mass is 9.78. The van der Waals surface area contributed by atoms with E-state index in [2.05, 4.69) is 82.2 Å². The van der Waals surface area contributed by atoms with E-state index in [-0.39, 0.29) is 35.4 Å². The van der Waals surface area contributed by atoms with Crippen LogP contribution in [0.15, 0.2) is 53.3 Å². The van der Waals surface area contributed by atoms with Crippen LogP contribution >= 0.6 is 12.4 Å². The Hall–Kier alpha value is -2.34. The molecule has 0 fully saturated rings. The van der Waals surface area contributed by atoms with E-state index >= 15 is 0 Å². The minimum Gasteiger partial charge on any atom is -0.507 e. The lowest BCUT2D eigenvalue weighted by Gasteiger charge is -2.31. The first-order valence-corrected chi connectivity index (χ1v) is 11.8. The molecule has 2 unspecified atom stereocenters. The second kappa shape index (κ2) is 10.1. The number of nitrogens with one attached hydrogen (secondary N) is 1. The number of hydrogen-bond acceptors (Lipinski definition) is 5. The van der Waals surface area contributed by atoms with Crippen molar-refractivity contribution in [2.24, 2.45) is 0 Å². The molecule has 1 aromatic heterocycles. The van der Waals surface area contributed by atoms with Crippen molar-refractivity contribution >= 4 is 12.4 Å². The quantitative estimate of drug-likeness (QED) is 0.439. The Balaban J connectivity index is 0.00000324. The van der Waals surface area contributed by atoms with E-state index in [9.17, 15) is 5.11 Å². The highest BCUT2D eigenvalue weighted by atomic mass is 35.5. The van der Waals surface area contributed by atoms with Gasteiger partial charge in [-0.2, -0.15) is 0 Å². The second-order valence-corrected chi connectivity index (χ2v) is 11.0. The SMILES string of the molecule is CC(C)(C)c1cc(CCOC2NCC(c3ncco3)c3ccccc32)cc(C(C)(C)C)c1O.Cl. The van der Waals surface area contributed by atoms with Gasteiger partial charge in [-0.15, -0.1) is 12.4 Å². The Morgan fingerprint density at radius 1 is 1.03 bits per heavy atom. The predicted octanol–water partition coefficient (Wildman–Crippen LogP) is 6.39. The Labute approximate surface area is 209 Å². The van der Waals surface area contributed by atoms with E-state index in [1.807, 2.05) is 6.07 Å². The molecule has 2 aromatic carbocycles. The molecule has 3 aromatic rings. The summed E-state index contributed by atoms with van der Waals surface area (Å²) in [6.45, 7) is 14.1. The van der Waals surface area contributed by atoms with Gasteiger partial charge in [0.1, 0.15) is 18.2 Å². The molecule has 0 saturated carbocycles. The monoisotopic (exact) mass is 484 g/mol. The van der Waals surface area contributed by atoms with Gasteiger partial charge in [0.15, 0.2) is 0 Å². The van der Waals surface area contributed by atoms with Crippen LogP contribution in [0.1, 0.15) is 87.4 Å². The summed E-state index contributed by atoms with van der Waals surface area (Å²) in [5.41, 5.74) is 5.20. The number of aromatic nitrogens is 1. The van der Waals surface area contributed by atoms with Crippen LogP contribution in [0, 0.1) is 0 Å². The maximum atomic E-state index is 11.0. The van der Waals surface area contributed by atoms with Crippen molar-refractivity contribution in [3.05, 3.63) is 82.6 Å². The number of hydrogen-bond donors (Lipinski definition) is 2. The van der Waals surface area contributed by atoms with Crippen LogP contribution in [0.5, 0.6) is 5.75 Å². The molecule has 5 nitrogen and oxygen atoms in total. The number of ether oxygens (including phenoxy) is 1. The fourth-order valence-electron chi connectivity index (χ4n) is 4.56. The van der Waals surface area contributed by atoms with Crippen molar-refractivity contribution in [1.29, 1.82) is 0 Å². The molecule has 184 valence electrons. The smallest absolute Gasteiger partial charge is 0.202 e. The van der Waals surface area contributed by atoms with Crippen LogP contribution in [0.2, 0.25) is 0 Å². The zero-order valence-corrected chi connectivity index (χ0v) is 21.8. The lowest BCUT2D eigenvalue weighted by Crippen LogP contribution is -2.35. The number of rotatable bonds is 5. The molecule has 1 aliphatic heterocycles. The highest BCUT2D eigenvalue weighted by molar-refractivity contribution is 5.85. The van der Waals surface area contributed by atoms with Gasteiger partial charge in [0, 0.05) is 6.54 Å². The van der Waals surface area contributed by atoms with E-state index in [1.54, 1.807) is 12.5 Å². The minimum atomic E-state index is -0.172. The molecule has 34 heavy (non-hydrogen) atoms. The van der Waals surface area contributed by atoms with E-state index in [1.165, 1.54) is 11.1 Å². The number of halogens is 1. The van der Waals surface area contributed by atoms with Crippen LogP contribution in [-0.2, 0) is 22.0 Å². The third-order valence-corrected chi connectivity index (χ3v) is 6.37. The van der Waals surface area contributed by atoms with E-state index in [4.69, 9.17) is 9.15 Å². The summed E-state index contributed by atoms with van der Waals surface area (Å²) in [6.07, 6.45) is 3.91. The van der Waals surface area contributed by atoms with Gasteiger partial charge in [-0.3, -0.25) is 5.32 Å². The first-order valence-electron chi connectivity index (χ1n) is 11.8. The maximum Gasteiger partial charge on any atom is 0.202 e. The standard InChI is InChI=1S/C28H36N2O3.ClH/c1-27(2,3)22-15-18(16-23(24(22)31)28(4,5)6)11-13-32-25-20-10-8-7-9-19(20)21(17-30-25)26-29-12-14-33-26;/h7-10,12,14-16,21,25,30-31H,11,13,17H2,1-6H3;1H. The van der Waals surface area contributed by atoms with Crippen molar-refractivity contribution < 1.29 is 14.3 Å². The van der Waals surface area contributed by atoms with Crippen LogP contribution < -0.4 is 5.32 Å². The van der Waals surface area contributed by atoms with E-state index < -0.39 is 0 Å². The van der Waals surface area contributed by atoms with Crippen LogP contribution in [0.4, 0.5) is 0 Å². The fraction of sp³-hybridized carbons (Fsp3) is 0.464. The number of phenolic OH excluding ortho intramolecular Hbond substituents is 1. The Morgan fingerprint density at radius 3 is 2.21 bits per heavy atom. The summed E-state index contributed by atoms with van der Waals surface area (Å²) in [5, 5.41) is 14.5. The zero-order valence-electron chi connectivity index (χ0n) is 21.0. The highest BCUT2D eigenvalue weighted by Crippen LogP contribution is 2.40. The summed E-state index contributed by atoms with van der Waals surface area (Å²) >= 11 is 0. The normalized spacial score (nSPS) is 18.3. The van der Waals surface area contributed by atoms with Crippen molar-refractivity contribution in [2.45, 2.75) is 70.9 Å². The molecule has 6 heteroatoms. The second-order valence-electron chi connectivity index (χ2n) is 11.0. The first-order chi connectivity index (χ1) is 15.6. The van der Waals surface area contributed by atoms with Crippen LogP contribution in [0.3, 0.4) is 0 Å². The average Bonchev–Trinajstić information content (AvgIpc) is 3.27. The van der Waals surface area contributed by atoms with Gasteiger partial charge in [-0.05, 0) is 45.1 Å². The fourth-order valence-corrected chi connectivity index (χ4v) is 4.56. The molecule has 0 saturated heterocycles. The number of oxazole rings is 1. The van der Waals surface area contributed by atoms with E-state index in [0.29, 0.717) is 18.9 Å². The highest BCUT2D eigenvalue weighted by Gasteiger charge is 2.31. The summed E-state index contributed by atoms with van der Waals surface area (Å²) in [5.74, 6) is 1.22. The van der Waals surface area contributed by atoms with Gasteiger partial charge in [-0.25, -0.2) is 4.98 Å². The summed E-state index contributed by atoms with van der Waals surface area (Å²) in [6, 6.07) is 12.6. The number of nitrogens with zero attached hydrogens (tertiary/aromatic N) is 1. The first kappa shape index (κ1) is 26.3. The maximum absolute atomic E-state index is 11.0. The van der Waals surface area contributed by atoms with Crippen molar-refractivity contribution in [2.75, 3.05) is 13.2 Å². The molecule has 0 aliphatic carbocycles. The van der Waals surface area contributed by atoms with Gasteiger partial charge in [0.25, 0.3) is 0 Å². The average molecular weight is 485 g/mol. The summed E-state index contributed by atoms with van der Waals surface area (Å²) < 4.78 is 11.9. The van der Waals surface area contributed by atoms with Crippen molar-refractivity contribution in [3.63, 3.8) is 0 Å². The Kier molecular flexibility index (Phi) is 7.81. The molecule has 1 aliphatic rings. The molecule has 2 N–H and O–H groups in total. The predicted molar refractivity (Wildman–Crippen MR) is 138 cm³/mol. The molecule has 0 bridgehead atoms. The number of fused-ring (bicyclic) bond motifs is 1. The summed E-state index contributed by atoms with van der Waals surface area (Å²) in [4.78, 5) is 4.36. The van der Waals surface area contributed by atoms with Gasteiger partial charge < -0.3 is 14.3 Å². The zero-order chi connectivity index (χ0) is 23.8. The number of benzene rings is 2. The largest absolute Gasteiger partial charge is 0.507 e. The minimum absolute atomic E-state index is 0. The molecule has 0 radical (unpaired) electrons. The molecule has 2 atom stereocenters. The number of phenols is 1. The molecular formula is C28H37ClN2O3. The summed E-state index contributed by atoms with van der Waals surface area (Å²) in [7, 11) is 0. The lowest BCUT2D eigenvalue weighted by molar-refractivity contribution is 0.0237. The van der Waals surface area contributed by atoms with Gasteiger partial charge in [0.2, 0.25) is 5.89 Å². The van der Waals surface area contributed by atoms with Crippen molar-refractivity contribution in [1.82, 2.24) is 10.3 Å². The van der Waals surface area contributed by atoms with Gasteiger partial charge in [0.05, 0.1) is 18.7 Å². The van der Waals surface area contributed by atoms with Crippen LogP contribution in [-0.4, -0.2) is 23.2 Å². The Bertz CT molecular complexity index is 1060. The topological polar surface area (TPSA) is 67.5 Å². The number of aromatic hydroxyl groups is 1. The molecule has 0 amide bonds. The van der Waals surface area contributed by atoms with Gasteiger partial charge in [-0.1, -0.05) is 77.9 Å². The third kappa shape index (κ3) is 5.48.